The second-order valence-electron chi connectivity index (χ2n) is 4.72. The number of nitrogen functional groups attached to an aromatic ring is 1. The van der Waals surface area contributed by atoms with Crippen LogP contribution in [0.3, 0.4) is 0 Å². The predicted molar refractivity (Wildman–Crippen MR) is 92.0 cm³/mol. The molecule has 0 saturated carbocycles. The third-order valence-electron chi connectivity index (χ3n) is 3.21. The molecule has 4 N–H and O–H groups in total. The quantitative estimate of drug-likeness (QED) is 0.495. The average Bonchev–Trinajstić information content (AvgIpc) is 2.97. The number of imidazole rings is 1. The van der Waals surface area contributed by atoms with Gasteiger partial charge in [0.2, 0.25) is 11.1 Å². The van der Waals surface area contributed by atoms with Crippen molar-refractivity contribution in [3.63, 3.8) is 0 Å². The summed E-state index contributed by atoms with van der Waals surface area (Å²) in [6.07, 6.45) is 8.56. The summed E-state index contributed by atoms with van der Waals surface area (Å²) in [7, 11) is 0. The van der Waals surface area contributed by atoms with Gasteiger partial charge in [0.1, 0.15) is 5.65 Å². The number of nitrogens with zero attached hydrogens (tertiary/aromatic N) is 3. The monoisotopic (exact) mass is 326 g/mol. The van der Waals surface area contributed by atoms with E-state index in [0.29, 0.717) is 16.9 Å². The highest BCUT2D eigenvalue weighted by Crippen LogP contribution is 2.22. The maximum absolute atomic E-state index is 7.90. The van der Waals surface area contributed by atoms with E-state index in [9.17, 15) is 0 Å². The molecular formula is C15H14N6OS. The van der Waals surface area contributed by atoms with Gasteiger partial charge < -0.3 is 10.5 Å². The molecule has 0 aliphatic heterocycles. The Labute approximate surface area is 136 Å². The maximum atomic E-state index is 7.90. The van der Waals surface area contributed by atoms with Gasteiger partial charge in [0.25, 0.3) is 0 Å². The van der Waals surface area contributed by atoms with Crippen molar-refractivity contribution in [1.29, 1.82) is 10.8 Å². The second kappa shape index (κ2) is 6.09. The summed E-state index contributed by atoms with van der Waals surface area (Å²) < 4.78 is 6.99. The molecule has 0 aromatic carbocycles. The fourth-order valence-electron chi connectivity index (χ4n) is 2.13. The van der Waals surface area contributed by atoms with E-state index in [2.05, 4.69) is 9.97 Å². The lowest BCUT2D eigenvalue weighted by atomic mass is 10.2. The van der Waals surface area contributed by atoms with E-state index in [1.54, 1.807) is 43.2 Å². The highest BCUT2D eigenvalue weighted by Gasteiger charge is 2.11. The van der Waals surface area contributed by atoms with E-state index in [4.69, 9.17) is 21.3 Å². The average molecular weight is 326 g/mol. The highest BCUT2D eigenvalue weighted by atomic mass is 32.2. The summed E-state index contributed by atoms with van der Waals surface area (Å²) in [5.74, 6) is -0.0815. The van der Waals surface area contributed by atoms with Crippen LogP contribution in [0.15, 0.2) is 43.0 Å². The Balaban J connectivity index is 1.97. The van der Waals surface area contributed by atoms with Crippen LogP contribution >= 0.6 is 11.8 Å². The zero-order chi connectivity index (χ0) is 16.4. The molecule has 0 radical (unpaired) electrons. The molecule has 116 valence electrons. The molecule has 0 aliphatic rings. The van der Waals surface area contributed by atoms with E-state index in [1.807, 2.05) is 10.5 Å². The van der Waals surface area contributed by atoms with Crippen molar-refractivity contribution in [2.75, 3.05) is 12.0 Å². The number of nitrogens with one attached hydrogen (secondary N) is 2. The molecule has 0 bridgehead atoms. The number of anilines is 1. The van der Waals surface area contributed by atoms with E-state index < -0.39 is 0 Å². The van der Waals surface area contributed by atoms with Crippen molar-refractivity contribution < 1.29 is 4.74 Å². The van der Waals surface area contributed by atoms with Crippen LogP contribution < -0.4 is 5.73 Å². The molecule has 3 aromatic rings. The summed E-state index contributed by atoms with van der Waals surface area (Å²) in [6, 6.07) is 5.31. The van der Waals surface area contributed by atoms with Crippen LogP contribution in [-0.2, 0) is 4.74 Å². The number of ether oxygens (including phenoxy) is 1. The number of aromatic nitrogens is 3. The van der Waals surface area contributed by atoms with Gasteiger partial charge in [0, 0.05) is 29.7 Å². The molecule has 0 amide bonds. The first kappa shape index (κ1) is 15.0. The molecule has 0 spiro atoms. The highest BCUT2D eigenvalue weighted by molar-refractivity contribution is 8.12. The number of pyridine rings is 2. The largest absolute Gasteiger partial charge is 0.415 e. The molecule has 8 heteroatoms. The Hall–Kier alpha value is -2.87. The van der Waals surface area contributed by atoms with Crippen molar-refractivity contribution in [2.24, 2.45) is 0 Å². The molecule has 0 saturated heterocycles. The van der Waals surface area contributed by atoms with Crippen molar-refractivity contribution in [3.8, 4) is 11.3 Å². The van der Waals surface area contributed by atoms with Gasteiger partial charge >= 0.3 is 0 Å². The van der Waals surface area contributed by atoms with Crippen LogP contribution in [0.5, 0.6) is 0 Å². The molecule has 0 fully saturated rings. The normalized spacial score (nSPS) is 10.7. The first-order valence-corrected chi connectivity index (χ1v) is 7.88. The zero-order valence-electron chi connectivity index (χ0n) is 12.3. The Morgan fingerprint density at radius 2 is 2.09 bits per heavy atom. The summed E-state index contributed by atoms with van der Waals surface area (Å²) in [4.78, 5) is 8.44. The zero-order valence-corrected chi connectivity index (χ0v) is 13.1. The van der Waals surface area contributed by atoms with Crippen molar-refractivity contribution in [2.45, 2.75) is 0 Å². The van der Waals surface area contributed by atoms with Gasteiger partial charge in [-0.15, -0.1) is 0 Å². The molecule has 0 aliphatic carbocycles. The summed E-state index contributed by atoms with van der Waals surface area (Å²) in [5.41, 5.74) is 9.30. The van der Waals surface area contributed by atoms with Gasteiger partial charge in [0.05, 0.1) is 17.6 Å². The second-order valence-corrected chi connectivity index (χ2v) is 5.50. The van der Waals surface area contributed by atoms with Crippen molar-refractivity contribution >= 4 is 34.2 Å². The minimum absolute atomic E-state index is 0.0234. The van der Waals surface area contributed by atoms with Gasteiger partial charge in [-0.25, -0.2) is 4.98 Å². The number of nitrogens with two attached hydrogens (primary N) is 1. The lowest BCUT2D eigenvalue weighted by molar-refractivity contribution is 0.553. The lowest BCUT2D eigenvalue weighted by Gasteiger charge is -2.07. The summed E-state index contributed by atoms with van der Waals surface area (Å²) >= 11 is 1.13. The molecule has 23 heavy (non-hydrogen) atoms. The smallest absolute Gasteiger partial charge is 0.249 e. The van der Waals surface area contributed by atoms with E-state index in [-0.39, 0.29) is 11.1 Å². The Morgan fingerprint density at radius 1 is 1.26 bits per heavy atom. The van der Waals surface area contributed by atoms with Crippen LogP contribution in [0.25, 0.3) is 16.9 Å². The van der Waals surface area contributed by atoms with Crippen molar-refractivity contribution in [3.05, 3.63) is 48.5 Å². The van der Waals surface area contributed by atoms with Crippen LogP contribution in [0.1, 0.15) is 5.56 Å². The SMILES string of the molecule is CSC(=N)OC(=N)c1ccn2c(-c3cncc(N)c3)cnc2c1. The first-order chi connectivity index (χ1) is 11.1. The molecule has 3 heterocycles. The minimum Gasteiger partial charge on any atom is -0.415 e. The van der Waals surface area contributed by atoms with E-state index in [1.165, 1.54) is 0 Å². The Bertz CT molecular complexity index is 904. The van der Waals surface area contributed by atoms with Crippen molar-refractivity contribution in [1.82, 2.24) is 14.4 Å². The van der Waals surface area contributed by atoms with E-state index in [0.717, 1.165) is 23.0 Å². The Kier molecular flexibility index (Phi) is 3.98. The molecule has 7 nitrogen and oxygen atoms in total. The minimum atomic E-state index is -0.0815. The summed E-state index contributed by atoms with van der Waals surface area (Å²) in [6.45, 7) is 0. The number of hydrogen-bond donors (Lipinski definition) is 3. The standard InChI is InChI=1S/C15H14N6OS/c1-23-15(18)22-14(17)9-2-3-21-12(8-20-13(21)5-9)10-4-11(16)7-19-6-10/h2-8,17-18H,16H2,1H3. The molecule has 3 aromatic heterocycles. The number of hydrogen-bond acceptors (Lipinski definition) is 7. The number of fused-ring (bicyclic) bond motifs is 1. The van der Waals surface area contributed by atoms with Gasteiger partial charge in [-0.3, -0.25) is 20.2 Å². The van der Waals surface area contributed by atoms with Gasteiger partial charge in [-0.1, -0.05) is 11.8 Å². The van der Waals surface area contributed by atoms with Crippen LogP contribution in [0.4, 0.5) is 5.69 Å². The third kappa shape index (κ3) is 3.02. The molecule has 0 unspecified atom stereocenters. The Morgan fingerprint density at radius 3 is 2.83 bits per heavy atom. The fraction of sp³-hybridized carbons (Fsp3) is 0.0667. The van der Waals surface area contributed by atoms with Gasteiger partial charge in [-0.2, -0.15) is 0 Å². The topological polar surface area (TPSA) is 113 Å². The van der Waals surface area contributed by atoms with E-state index >= 15 is 0 Å². The van der Waals surface area contributed by atoms with Gasteiger partial charge in [0.15, 0.2) is 0 Å². The summed E-state index contributed by atoms with van der Waals surface area (Å²) in [5, 5.41) is 15.4. The number of thioether (sulfide) groups is 1. The fourth-order valence-corrected chi connectivity index (χ4v) is 2.29. The predicted octanol–water partition coefficient (Wildman–Crippen LogP) is 2.62. The first-order valence-electron chi connectivity index (χ1n) is 6.66. The third-order valence-corrected chi connectivity index (χ3v) is 3.66. The molecule has 3 rings (SSSR count). The van der Waals surface area contributed by atoms with Crippen LogP contribution in [0.2, 0.25) is 0 Å². The lowest BCUT2D eigenvalue weighted by Crippen LogP contribution is -2.09. The number of rotatable bonds is 2. The maximum Gasteiger partial charge on any atom is 0.249 e. The molecular weight excluding hydrogens is 312 g/mol. The van der Waals surface area contributed by atoms with Gasteiger partial charge in [-0.05, 0) is 24.5 Å². The molecule has 0 atom stereocenters. The van der Waals surface area contributed by atoms with Crippen LogP contribution in [0, 0.1) is 10.8 Å². The van der Waals surface area contributed by atoms with Crippen LogP contribution in [-0.4, -0.2) is 31.8 Å².